The molecule has 4 heteroatoms. The number of carbonyl (C=O) groups excluding carboxylic acids is 1. The molecule has 0 aliphatic heterocycles. The van der Waals surface area contributed by atoms with Crippen molar-refractivity contribution in [2.45, 2.75) is 18.7 Å². The Morgan fingerprint density at radius 1 is 1.26 bits per heavy atom. The molecule has 1 aromatic heterocycles. The first-order valence-electron chi connectivity index (χ1n) is 6.36. The average Bonchev–Trinajstić information content (AvgIpc) is 2.43. The molecule has 2 aromatic rings. The normalized spacial score (nSPS) is 12.6. The molecule has 0 fully saturated rings. The Labute approximate surface area is 121 Å². The first-order valence-corrected chi connectivity index (χ1v) is 7.27. The lowest BCUT2D eigenvalue weighted by molar-refractivity contribution is 0.0948. The molecule has 1 amide bonds. The summed E-state index contributed by atoms with van der Waals surface area (Å²) >= 11 is 3.55. The van der Waals surface area contributed by atoms with E-state index < -0.39 is 0 Å². The summed E-state index contributed by atoms with van der Waals surface area (Å²) < 4.78 is 0. The number of halogens is 1. The van der Waals surface area contributed by atoms with Gasteiger partial charge in [0.25, 0.3) is 5.91 Å². The Kier molecular flexibility index (Phi) is 4.53. The van der Waals surface area contributed by atoms with Gasteiger partial charge in [-0.15, -0.1) is 0 Å². The number of carbonyl (C=O) groups is 1. The third-order valence-electron chi connectivity index (χ3n) is 3.01. The fraction of sp³-hybridized carbons (Fsp3) is 0.333. The van der Waals surface area contributed by atoms with Gasteiger partial charge in [-0.05, 0) is 18.1 Å². The van der Waals surface area contributed by atoms with Crippen molar-refractivity contribution in [2.75, 3.05) is 6.54 Å². The minimum atomic E-state index is -0.129. The molecule has 0 spiro atoms. The summed E-state index contributed by atoms with van der Waals surface area (Å²) in [6.07, 6.45) is 0. The van der Waals surface area contributed by atoms with Crippen LogP contribution in [0, 0.1) is 5.92 Å². The van der Waals surface area contributed by atoms with Crippen molar-refractivity contribution >= 4 is 32.7 Å². The molecule has 3 nitrogen and oxygen atoms in total. The number of benzene rings is 1. The van der Waals surface area contributed by atoms with Crippen molar-refractivity contribution in [3.05, 3.63) is 42.1 Å². The topological polar surface area (TPSA) is 42.0 Å². The molecule has 1 N–H and O–H groups in total. The van der Waals surface area contributed by atoms with Gasteiger partial charge in [0.05, 0.1) is 5.52 Å². The van der Waals surface area contributed by atoms with Crippen molar-refractivity contribution in [3.63, 3.8) is 0 Å². The predicted molar refractivity (Wildman–Crippen MR) is 81.6 cm³/mol. The largest absolute Gasteiger partial charge is 0.350 e. The minimum Gasteiger partial charge on any atom is -0.350 e. The zero-order valence-corrected chi connectivity index (χ0v) is 12.6. The van der Waals surface area contributed by atoms with Crippen LogP contribution in [0.25, 0.3) is 10.9 Å². The lowest BCUT2D eigenvalue weighted by Crippen LogP contribution is -2.32. The number of hydrogen-bond acceptors (Lipinski definition) is 2. The number of pyridine rings is 1. The van der Waals surface area contributed by atoms with Crippen LogP contribution in [0.15, 0.2) is 36.4 Å². The second kappa shape index (κ2) is 6.15. The number of amides is 1. The summed E-state index contributed by atoms with van der Waals surface area (Å²) in [5, 5.41) is 3.94. The minimum absolute atomic E-state index is 0.129. The molecule has 0 radical (unpaired) electrons. The number of fused-ring (bicyclic) bond motifs is 1. The Morgan fingerprint density at radius 2 is 2.00 bits per heavy atom. The highest BCUT2D eigenvalue weighted by Crippen LogP contribution is 2.13. The fourth-order valence-electron chi connectivity index (χ4n) is 1.71. The fourth-order valence-corrected chi connectivity index (χ4v) is 1.87. The summed E-state index contributed by atoms with van der Waals surface area (Å²) in [4.78, 5) is 16.7. The van der Waals surface area contributed by atoms with Crippen LogP contribution in [0.2, 0.25) is 0 Å². The monoisotopic (exact) mass is 320 g/mol. The van der Waals surface area contributed by atoms with Gasteiger partial charge in [-0.3, -0.25) is 4.79 Å². The maximum atomic E-state index is 12.0. The number of hydrogen-bond donors (Lipinski definition) is 1. The molecule has 19 heavy (non-hydrogen) atoms. The number of aromatic nitrogens is 1. The van der Waals surface area contributed by atoms with Gasteiger partial charge in [0.1, 0.15) is 5.69 Å². The standard InChI is InChI=1S/C15H17BrN2O/c1-10(2)12(16)9-17-15(19)14-8-7-11-5-3-4-6-13(11)18-14/h3-8,10,12H,9H2,1-2H3,(H,17,19). The Bertz CT molecular complexity index is 583. The van der Waals surface area contributed by atoms with Crippen LogP contribution in [-0.4, -0.2) is 22.3 Å². The lowest BCUT2D eigenvalue weighted by Gasteiger charge is -2.14. The second-order valence-corrected chi connectivity index (χ2v) is 6.04. The summed E-state index contributed by atoms with van der Waals surface area (Å²) in [6.45, 7) is 4.82. The molecule has 1 atom stereocenters. The van der Waals surface area contributed by atoms with Crippen LogP contribution >= 0.6 is 15.9 Å². The number of rotatable bonds is 4. The number of nitrogens with zero attached hydrogens (tertiary/aromatic N) is 1. The molecule has 0 saturated carbocycles. The quantitative estimate of drug-likeness (QED) is 0.877. The van der Waals surface area contributed by atoms with E-state index in [1.807, 2.05) is 30.3 Å². The van der Waals surface area contributed by atoms with E-state index in [9.17, 15) is 4.79 Å². The van der Waals surface area contributed by atoms with Crippen molar-refractivity contribution in [1.29, 1.82) is 0 Å². The number of nitrogens with one attached hydrogen (secondary N) is 1. The predicted octanol–water partition coefficient (Wildman–Crippen LogP) is 3.38. The SMILES string of the molecule is CC(C)C(Br)CNC(=O)c1ccc2ccccc2n1. The molecular formula is C15H17BrN2O. The maximum absolute atomic E-state index is 12.0. The van der Waals surface area contributed by atoms with Gasteiger partial charge in [-0.1, -0.05) is 54.0 Å². The van der Waals surface area contributed by atoms with Crippen LogP contribution in [0.4, 0.5) is 0 Å². The number of para-hydroxylation sites is 1. The third kappa shape index (κ3) is 3.53. The van der Waals surface area contributed by atoms with Crippen LogP contribution in [0.5, 0.6) is 0 Å². The molecule has 1 heterocycles. The summed E-state index contributed by atoms with van der Waals surface area (Å²) in [7, 11) is 0. The van der Waals surface area contributed by atoms with Crippen LogP contribution in [-0.2, 0) is 0 Å². The highest BCUT2D eigenvalue weighted by molar-refractivity contribution is 9.09. The van der Waals surface area contributed by atoms with Gasteiger partial charge in [0, 0.05) is 16.8 Å². The van der Waals surface area contributed by atoms with Gasteiger partial charge in [-0.25, -0.2) is 4.98 Å². The van der Waals surface area contributed by atoms with E-state index in [0.717, 1.165) is 10.9 Å². The van der Waals surface area contributed by atoms with Gasteiger partial charge in [-0.2, -0.15) is 0 Å². The second-order valence-electron chi connectivity index (χ2n) is 4.86. The van der Waals surface area contributed by atoms with E-state index >= 15 is 0 Å². The van der Waals surface area contributed by atoms with Crippen molar-refractivity contribution in [1.82, 2.24) is 10.3 Å². The molecule has 0 aliphatic carbocycles. The van der Waals surface area contributed by atoms with Crippen molar-refractivity contribution in [3.8, 4) is 0 Å². The van der Waals surface area contributed by atoms with Crippen LogP contribution in [0.3, 0.4) is 0 Å². The Hall–Kier alpha value is -1.42. The summed E-state index contributed by atoms with van der Waals surface area (Å²) in [5.41, 5.74) is 1.30. The van der Waals surface area contributed by atoms with Gasteiger partial charge < -0.3 is 5.32 Å². The molecule has 0 aliphatic rings. The van der Waals surface area contributed by atoms with Gasteiger partial charge in [0.2, 0.25) is 0 Å². The smallest absolute Gasteiger partial charge is 0.269 e. The van der Waals surface area contributed by atoms with E-state index in [4.69, 9.17) is 0 Å². The molecule has 0 bridgehead atoms. The maximum Gasteiger partial charge on any atom is 0.269 e. The molecule has 1 unspecified atom stereocenters. The van der Waals surface area contributed by atoms with E-state index in [1.54, 1.807) is 6.07 Å². The zero-order chi connectivity index (χ0) is 13.8. The van der Waals surface area contributed by atoms with Crippen LogP contribution < -0.4 is 5.32 Å². The third-order valence-corrected chi connectivity index (χ3v) is 4.39. The van der Waals surface area contributed by atoms with Crippen LogP contribution in [0.1, 0.15) is 24.3 Å². The molecule has 100 valence electrons. The average molecular weight is 321 g/mol. The van der Waals surface area contributed by atoms with E-state index in [0.29, 0.717) is 18.2 Å². The van der Waals surface area contributed by atoms with Gasteiger partial charge >= 0.3 is 0 Å². The summed E-state index contributed by atoms with van der Waals surface area (Å²) in [6, 6.07) is 11.5. The lowest BCUT2D eigenvalue weighted by atomic mass is 10.1. The molecular weight excluding hydrogens is 304 g/mol. The Morgan fingerprint density at radius 3 is 2.74 bits per heavy atom. The van der Waals surface area contributed by atoms with Crippen molar-refractivity contribution < 1.29 is 4.79 Å². The van der Waals surface area contributed by atoms with E-state index in [2.05, 4.69) is 40.1 Å². The molecule has 0 saturated heterocycles. The highest BCUT2D eigenvalue weighted by Gasteiger charge is 2.12. The summed E-state index contributed by atoms with van der Waals surface area (Å²) in [5.74, 6) is 0.348. The molecule has 1 aromatic carbocycles. The van der Waals surface area contributed by atoms with Gasteiger partial charge in [0.15, 0.2) is 0 Å². The van der Waals surface area contributed by atoms with E-state index in [-0.39, 0.29) is 10.7 Å². The first-order chi connectivity index (χ1) is 9.08. The first kappa shape index (κ1) is 14.0. The Balaban J connectivity index is 2.09. The zero-order valence-electron chi connectivity index (χ0n) is 11.1. The van der Waals surface area contributed by atoms with Crippen molar-refractivity contribution in [2.24, 2.45) is 5.92 Å². The van der Waals surface area contributed by atoms with E-state index in [1.165, 1.54) is 0 Å². The number of alkyl halides is 1. The molecule has 2 rings (SSSR count). The highest BCUT2D eigenvalue weighted by atomic mass is 79.9.